The molecule has 17 heteroatoms. The third-order valence-electron chi connectivity index (χ3n) is 10.8. The molecule has 2 saturated carbocycles. The van der Waals surface area contributed by atoms with E-state index < -0.39 is 65.0 Å². The molecule has 3 aliphatic rings. The number of carboxylic acids is 1. The molecule has 3 aromatic rings. The van der Waals surface area contributed by atoms with Crippen molar-refractivity contribution >= 4 is 57.3 Å². The second-order valence-corrected chi connectivity index (χ2v) is 17.3. The molecular formula is C41H52N6O10S. The number of rotatable bonds is 13. The third kappa shape index (κ3) is 8.98. The highest BCUT2D eigenvalue weighted by Crippen LogP contribution is 2.45. The lowest BCUT2D eigenvalue weighted by Gasteiger charge is -2.35. The van der Waals surface area contributed by atoms with Gasteiger partial charge in [-0.1, -0.05) is 26.8 Å². The fourth-order valence-corrected chi connectivity index (χ4v) is 8.30. The molecule has 6 rings (SSSR count). The maximum Gasteiger partial charge on any atom is 0.413 e. The van der Waals surface area contributed by atoms with Gasteiger partial charge in [-0.25, -0.2) is 24.4 Å². The van der Waals surface area contributed by atoms with Crippen LogP contribution in [0, 0.1) is 18.3 Å². The van der Waals surface area contributed by atoms with Gasteiger partial charge in [0.05, 0.1) is 31.0 Å². The Labute approximate surface area is 341 Å². The van der Waals surface area contributed by atoms with E-state index in [-0.39, 0.29) is 31.6 Å². The molecule has 1 saturated heterocycles. The minimum Gasteiger partial charge on any atom is -0.496 e. The van der Waals surface area contributed by atoms with E-state index in [1.54, 1.807) is 65.3 Å². The van der Waals surface area contributed by atoms with Crippen LogP contribution in [0.25, 0.3) is 22.3 Å². The average molecular weight is 821 g/mol. The van der Waals surface area contributed by atoms with E-state index in [4.69, 9.17) is 23.9 Å². The maximum absolute atomic E-state index is 14.6. The van der Waals surface area contributed by atoms with Gasteiger partial charge >= 0.3 is 18.2 Å². The summed E-state index contributed by atoms with van der Waals surface area (Å²) in [4.78, 5) is 77.5. The summed E-state index contributed by atoms with van der Waals surface area (Å²) >= 11 is 1.19. The van der Waals surface area contributed by atoms with E-state index in [0.29, 0.717) is 38.9 Å². The van der Waals surface area contributed by atoms with Gasteiger partial charge in [0, 0.05) is 34.7 Å². The second kappa shape index (κ2) is 16.8. The Morgan fingerprint density at radius 2 is 1.78 bits per heavy atom. The van der Waals surface area contributed by atoms with Gasteiger partial charge in [-0.2, -0.15) is 0 Å². The molecule has 1 aromatic carbocycles. The number of hydrogen-bond acceptors (Lipinski definition) is 12. The van der Waals surface area contributed by atoms with Crippen LogP contribution in [0.15, 0.2) is 36.2 Å². The normalized spacial score (nSPS) is 22.3. The zero-order chi connectivity index (χ0) is 42.1. The molecule has 58 heavy (non-hydrogen) atoms. The molecule has 1 aliphatic heterocycles. The number of pyridine rings is 1. The molecule has 5 atom stereocenters. The fraction of sp³-hybridized carbons (Fsp3) is 0.537. The Balaban J connectivity index is 1.33. The van der Waals surface area contributed by atoms with E-state index in [2.05, 4.69) is 27.5 Å². The number of likely N-dealkylation sites (tertiary alicyclic amines) is 1. The van der Waals surface area contributed by atoms with Crippen molar-refractivity contribution in [1.29, 1.82) is 0 Å². The number of thiazole rings is 1. The number of ether oxygens (including phenoxy) is 4. The van der Waals surface area contributed by atoms with Gasteiger partial charge in [0.15, 0.2) is 5.13 Å². The lowest BCUT2D eigenvalue weighted by atomic mass is 9.85. The number of benzene rings is 1. The second-order valence-electron chi connectivity index (χ2n) is 16.5. The minimum absolute atomic E-state index is 0.00638. The molecule has 3 fully saturated rings. The van der Waals surface area contributed by atoms with Crippen molar-refractivity contribution < 1.29 is 48.0 Å². The minimum atomic E-state index is -1.54. The first-order valence-corrected chi connectivity index (χ1v) is 20.4. The van der Waals surface area contributed by atoms with Crippen LogP contribution in [0.3, 0.4) is 0 Å². The van der Waals surface area contributed by atoms with Gasteiger partial charge in [0.2, 0.25) is 11.8 Å². The van der Waals surface area contributed by atoms with Gasteiger partial charge in [0.1, 0.15) is 47.0 Å². The standard InChI is InChI=1S/C41H52N6O10S/c1-9-23-18-41(23,36(50)51)46-34(48)29-16-25(19-47(29)35(49)33(40(5,6)7)44-38(52)57-24-12-10-11-13-24)56-31-17-27(42-32-22(4)30(54-8)15-14-26(31)32)28-20-58-37(43-28)45-39(53)55-21(2)3/h9,14-15,17,20-21,23-25,29,33H,1,10-13,16,18-19H2,2-8H3,(H,44,52)(H,46,48)(H,50,51)(H,43,45,53)/t23?,25-,29+,33?,41-/m1/s1. The van der Waals surface area contributed by atoms with E-state index in [9.17, 15) is 29.1 Å². The number of hydrogen-bond donors (Lipinski definition) is 4. The number of methoxy groups -OCH3 is 1. The number of aryl methyl sites for hydroxylation is 1. The quantitative estimate of drug-likeness (QED) is 0.142. The third-order valence-corrected chi connectivity index (χ3v) is 11.6. The number of anilines is 1. The van der Waals surface area contributed by atoms with Crippen LogP contribution in [-0.4, -0.2) is 99.5 Å². The van der Waals surface area contributed by atoms with E-state index in [1.165, 1.54) is 22.3 Å². The Morgan fingerprint density at radius 3 is 2.40 bits per heavy atom. The summed E-state index contributed by atoms with van der Waals surface area (Å²) in [6.07, 6.45) is 2.38. The van der Waals surface area contributed by atoms with Crippen molar-refractivity contribution in [3.8, 4) is 22.9 Å². The molecule has 4 amide bonds. The van der Waals surface area contributed by atoms with Gasteiger partial charge in [-0.05, 0) is 70.4 Å². The summed E-state index contributed by atoms with van der Waals surface area (Å²) < 4.78 is 23.2. The number of alkyl carbamates (subject to hydrolysis) is 1. The predicted molar refractivity (Wildman–Crippen MR) is 216 cm³/mol. The summed E-state index contributed by atoms with van der Waals surface area (Å²) in [5.41, 5.74) is -0.199. The molecule has 2 aromatic heterocycles. The Bertz CT molecular complexity index is 2090. The van der Waals surface area contributed by atoms with Gasteiger partial charge in [0.25, 0.3) is 0 Å². The number of fused-ring (bicyclic) bond motifs is 1. The average Bonchev–Trinajstić information content (AvgIpc) is 3.56. The van der Waals surface area contributed by atoms with Crippen molar-refractivity contribution in [2.75, 3.05) is 19.0 Å². The molecular weight excluding hydrogens is 769 g/mol. The number of carbonyl (C=O) groups is 5. The highest BCUT2D eigenvalue weighted by atomic mass is 32.1. The summed E-state index contributed by atoms with van der Waals surface area (Å²) in [5, 5.41) is 20.9. The number of carbonyl (C=O) groups excluding carboxylic acids is 4. The topological polar surface area (TPSA) is 208 Å². The van der Waals surface area contributed by atoms with Crippen LogP contribution < -0.4 is 25.4 Å². The SMILES string of the molecule is C=CC1C[C@]1(NC(=O)[C@@H]1C[C@@H](Oc2cc(-c3csc(NC(=O)OC(C)C)n3)nc3c(C)c(OC)ccc23)CN1C(=O)C(NC(=O)OC1CCCC1)C(C)(C)C)C(=O)O. The molecule has 4 N–H and O–H groups in total. The van der Waals surface area contributed by atoms with Crippen LogP contribution in [0.4, 0.5) is 14.7 Å². The molecule has 16 nitrogen and oxygen atoms in total. The lowest BCUT2D eigenvalue weighted by Crippen LogP contribution is -2.59. The largest absolute Gasteiger partial charge is 0.496 e. The summed E-state index contributed by atoms with van der Waals surface area (Å²) in [6, 6.07) is 3.05. The zero-order valence-electron chi connectivity index (χ0n) is 33.9. The highest BCUT2D eigenvalue weighted by Gasteiger charge is 2.61. The summed E-state index contributed by atoms with van der Waals surface area (Å²) in [6.45, 7) is 14.4. The molecule has 0 radical (unpaired) electrons. The molecule has 2 unspecified atom stereocenters. The van der Waals surface area contributed by atoms with E-state index >= 15 is 0 Å². The maximum atomic E-state index is 14.6. The van der Waals surface area contributed by atoms with Crippen molar-refractivity contribution in [1.82, 2.24) is 25.5 Å². The van der Waals surface area contributed by atoms with Gasteiger partial charge < -0.3 is 39.6 Å². The van der Waals surface area contributed by atoms with Crippen LogP contribution in [0.5, 0.6) is 11.5 Å². The Kier molecular flexibility index (Phi) is 12.2. The number of carboxylic acid groups (broad SMARTS) is 1. The van der Waals surface area contributed by atoms with Crippen molar-refractivity contribution in [2.24, 2.45) is 11.3 Å². The van der Waals surface area contributed by atoms with Crippen LogP contribution in [0.2, 0.25) is 0 Å². The van der Waals surface area contributed by atoms with Crippen LogP contribution in [0.1, 0.15) is 78.7 Å². The first-order valence-electron chi connectivity index (χ1n) is 19.5. The number of nitrogens with zero attached hydrogens (tertiary/aromatic N) is 3. The summed E-state index contributed by atoms with van der Waals surface area (Å²) in [7, 11) is 1.56. The number of aromatic nitrogens is 2. The smallest absolute Gasteiger partial charge is 0.413 e. The number of amides is 4. The van der Waals surface area contributed by atoms with E-state index in [1.807, 2.05) is 6.92 Å². The van der Waals surface area contributed by atoms with Crippen LogP contribution in [-0.2, 0) is 23.9 Å². The number of nitrogens with one attached hydrogen (secondary N) is 3. The first kappa shape index (κ1) is 42.2. The predicted octanol–water partition coefficient (Wildman–Crippen LogP) is 6.21. The van der Waals surface area contributed by atoms with Crippen molar-refractivity contribution in [2.45, 2.75) is 116 Å². The van der Waals surface area contributed by atoms with Gasteiger partial charge in [-0.3, -0.25) is 14.9 Å². The number of aliphatic carboxylic acids is 1. The first-order chi connectivity index (χ1) is 27.4. The molecule has 0 bridgehead atoms. The molecule has 2 aliphatic carbocycles. The molecule has 312 valence electrons. The molecule has 3 heterocycles. The highest BCUT2D eigenvalue weighted by molar-refractivity contribution is 7.14. The van der Waals surface area contributed by atoms with Crippen molar-refractivity contribution in [3.63, 3.8) is 0 Å². The van der Waals surface area contributed by atoms with Gasteiger partial charge in [-0.15, -0.1) is 17.9 Å². The Morgan fingerprint density at radius 1 is 1.05 bits per heavy atom. The fourth-order valence-electron chi connectivity index (χ4n) is 7.61. The van der Waals surface area contributed by atoms with Crippen molar-refractivity contribution in [3.05, 3.63) is 41.8 Å². The molecule has 0 spiro atoms. The van der Waals surface area contributed by atoms with E-state index in [0.717, 1.165) is 31.2 Å². The van der Waals surface area contributed by atoms with Crippen LogP contribution >= 0.6 is 11.3 Å². The monoisotopic (exact) mass is 820 g/mol. The lowest BCUT2D eigenvalue weighted by molar-refractivity contribution is -0.146. The summed E-state index contributed by atoms with van der Waals surface area (Å²) in [5.74, 6) is -1.91. The Hall–Kier alpha value is -5.45. The zero-order valence-corrected chi connectivity index (χ0v) is 34.7.